The number of anilines is 1. The van der Waals surface area contributed by atoms with Gasteiger partial charge in [0, 0.05) is 5.69 Å². The minimum Gasteiger partial charge on any atom is -0.339 e. The van der Waals surface area contributed by atoms with Crippen molar-refractivity contribution in [3.8, 4) is 11.1 Å². The molecule has 0 aliphatic rings. The van der Waals surface area contributed by atoms with Crippen molar-refractivity contribution < 1.29 is 9.32 Å². The third kappa shape index (κ3) is 4.76. The number of hydrogen-bond acceptors (Lipinski definition) is 4. The van der Waals surface area contributed by atoms with Crippen molar-refractivity contribution in [3.05, 3.63) is 102 Å². The number of hydrogen-bond donors (Lipinski definition) is 1. The van der Waals surface area contributed by atoms with E-state index in [1.807, 2.05) is 66.7 Å². The van der Waals surface area contributed by atoms with Crippen molar-refractivity contribution in [1.82, 2.24) is 10.1 Å². The lowest BCUT2D eigenvalue weighted by atomic mass is 10.0. The van der Waals surface area contributed by atoms with Gasteiger partial charge in [-0.1, -0.05) is 78.0 Å². The molecule has 0 aliphatic carbocycles. The Morgan fingerprint density at radius 3 is 2.31 bits per heavy atom. The van der Waals surface area contributed by atoms with Gasteiger partial charge in [0.15, 0.2) is 5.82 Å². The smallest absolute Gasteiger partial charge is 0.231 e. The highest BCUT2D eigenvalue weighted by Gasteiger charge is 2.11. The predicted octanol–water partition coefficient (Wildman–Crippen LogP) is 4.82. The van der Waals surface area contributed by atoms with E-state index < -0.39 is 0 Å². The van der Waals surface area contributed by atoms with E-state index in [1.165, 1.54) is 0 Å². The van der Waals surface area contributed by atoms with Gasteiger partial charge in [-0.3, -0.25) is 4.79 Å². The third-order valence-electron chi connectivity index (χ3n) is 4.63. The maximum Gasteiger partial charge on any atom is 0.231 e. The molecule has 4 rings (SSSR count). The minimum absolute atomic E-state index is 0.0633. The summed E-state index contributed by atoms with van der Waals surface area (Å²) >= 11 is 0. The number of carbonyl (C=O) groups excluding carboxylic acids is 1. The molecule has 1 aromatic heterocycles. The molecule has 0 bridgehead atoms. The fourth-order valence-electron chi connectivity index (χ4n) is 3.20. The Labute approximate surface area is 169 Å². The summed E-state index contributed by atoms with van der Waals surface area (Å²) in [5.74, 6) is 1.06. The summed E-state index contributed by atoms with van der Waals surface area (Å²) in [5, 5.41) is 6.82. The predicted molar refractivity (Wildman–Crippen MR) is 112 cm³/mol. The Morgan fingerprint density at radius 1 is 0.897 bits per heavy atom. The maximum atomic E-state index is 12.6. The van der Waals surface area contributed by atoms with E-state index in [0.29, 0.717) is 24.6 Å². The van der Waals surface area contributed by atoms with Crippen LogP contribution in [0.1, 0.15) is 22.8 Å². The average Bonchev–Trinajstić information content (AvgIpc) is 3.15. The van der Waals surface area contributed by atoms with Gasteiger partial charge in [0.1, 0.15) is 0 Å². The van der Waals surface area contributed by atoms with Crippen LogP contribution < -0.4 is 5.32 Å². The van der Waals surface area contributed by atoms with Crippen LogP contribution in [0.4, 0.5) is 5.69 Å². The molecule has 0 saturated heterocycles. The summed E-state index contributed by atoms with van der Waals surface area (Å²) in [4.78, 5) is 16.8. The van der Waals surface area contributed by atoms with Crippen LogP contribution in [0.15, 0.2) is 83.4 Å². The molecule has 0 radical (unpaired) electrons. The molecule has 0 unspecified atom stereocenters. The highest BCUT2D eigenvalue weighted by atomic mass is 16.5. The second-order valence-corrected chi connectivity index (χ2v) is 6.86. The van der Waals surface area contributed by atoms with Crippen LogP contribution in [0.25, 0.3) is 11.1 Å². The van der Waals surface area contributed by atoms with Gasteiger partial charge in [0.2, 0.25) is 11.8 Å². The molecule has 0 fully saturated rings. The van der Waals surface area contributed by atoms with Crippen LogP contribution in [-0.4, -0.2) is 16.0 Å². The molecular formula is C24H21N3O2. The number of benzene rings is 3. The van der Waals surface area contributed by atoms with Gasteiger partial charge >= 0.3 is 0 Å². The molecular weight excluding hydrogens is 362 g/mol. The fraction of sp³-hybridized carbons (Fsp3) is 0.125. The third-order valence-corrected chi connectivity index (χ3v) is 4.63. The van der Waals surface area contributed by atoms with Crippen LogP contribution in [-0.2, 0) is 17.6 Å². The maximum absolute atomic E-state index is 12.6. The van der Waals surface area contributed by atoms with Crippen molar-refractivity contribution >= 4 is 11.6 Å². The normalized spacial score (nSPS) is 10.7. The van der Waals surface area contributed by atoms with E-state index >= 15 is 0 Å². The molecule has 1 N–H and O–H groups in total. The van der Waals surface area contributed by atoms with E-state index in [2.05, 4.69) is 27.6 Å². The quantitative estimate of drug-likeness (QED) is 0.518. The average molecular weight is 383 g/mol. The summed E-state index contributed by atoms with van der Waals surface area (Å²) in [6, 6.07) is 25.9. The number of rotatable bonds is 6. The SMILES string of the molecule is Cc1noc(Cc2ccccc2NC(=O)Cc2ccc(-c3ccccc3)cc2)n1. The first kappa shape index (κ1) is 18.6. The molecule has 29 heavy (non-hydrogen) atoms. The number of aryl methyl sites for hydroxylation is 1. The standard InChI is InChI=1S/C24H21N3O2/c1-17-25-24(29-27-17)16-21-9-5-6-10-22(21)26-23(28)15-18-11-13-20(14-12-18)19-7-3-2-4-8-19/h2-14H,15-16H2,1H3,(H,26,28). The van der Waals surface area contributed by atoms with Crippen molar-refractivity contribution in [2.45, 2.75) is 19.8 Å². The lowest BCUT2D eigenvalue weighted by molar-refractivity contribution is -0.115. The zero-order valence-electron chi connectivity index (χ0n) is 16.1. The summed E-state index contributed by atoms with van der Waals surface area (Å²) in [5.41, 5.74) is 4.95. The molecule has 0 spiro atoms. The first-order valence-electron chi connectivity index (χ1n) is 9.49. The van der Waals surface area contributed by atoms with Gasteiger partial charge in [0.25, 0.3) is 0 Å². The fourth-order valence-corrected chi connectivity index (χ4v) is 3.20. The second kappa shape index (κ2) is 8.52. The van der Waals surface area contributed by atoms with Crippen LogP contribution in [0.3, 0.4) is 0 Å². The molecule has 0 saturated carbocycles. The highest BCUT2D eigenvalue weighted by Crippen LogP contribution is 2.21. The second-order valence-electron chi connectivity index (χ2n) is 6.86. The molecule has 3 aromatic carbocycles. The molecule has 5 nitrogen and oxygen atoms in total. The molecule has 1 heterocycles. The van der Waals surface area contributed by atoms with Gasteiger partial charge in [-0.15, -0.1) is 0 Å². The topological polar surface area (TPSA) is 68.0 Å². The Morgan fingerprint density at radius 2 is 1.59 bits per heavy atom. The number of amides is 1. The number of carbonyl (C=O) groups is 1. The van der Waals surface area contributed by atoms with E-state index in [0.717, 1.165) is 27.9 Å². The molecule has 1 amide bonds. The minimum atomic E-state index is -0.0633. The van der Waals surface area contributed by atoms with Crippen LogP contribution in [0, 0.1) is 6.92 Å². The van der Waals surface area contributed by atoms with Crippen LogP contribution in [0.5, 0.6) is 0 Å². The first-order valence-corrected chi connectivity index (χ1v) is 9.49. The van der Waals surface area contributed by atoms with Crippen molar-refractivity contribution in [3.63, 3.8) is 0 Å². The molecule has 4 aromatic rings. The largest absolute Gasteiger partial charge is 0.339 e. The number of aromatic nitrogens is 2. The van der Waals surface area contributed by atoms with E-state index in [1.54, 1.807) is 6.92 Å². The number of nitrogens with one attached hydrogen (secondary N) is 1. The van der Waals surface area contributed by atoms with Crippen LogP contribution >= 0.6 is 0 Å². The molecule has 144 valence electrons. The van der Waals surface area contributed by atoms with Crippen LogP contribution in [0.2, 0.25) is 0 Å². The Hall–Kier alpha value is -3.73. The summed E-state index contributed by atoms with van der Waals surface area (Å²) in [6.45, 7) is 1.78. The first-order chi connectivity index (χ1) is 14.2. The van der Waals surface area contributed by atoms with Crippen molar-refractivity contribution in [2.75, 3.05) is 5.32 Å². The van der Waals surface area contributed by atoms with Gasteiger partial charge in [-0.25, -0.2) is 0 Å². The van der Waals surface area contributed by atoms with Crippen molar-refractivity contribution in [1.29, 1.82) is 0 Å². The zero-order valence-corrected chi connectivity index (χ0v) is 16.1. The molecule has 0 atom stereocenters. The lowest BCUT2D eigenvalue weighted by Gasteiger charge is -2.10. The Kier molecular flexibility index (Phi) is 5.47. The number of nitrogens with zero attached hydrogens (tertiary/aromatic N) is 2. The monoisotopic (exact) mass is 383 g/mol. The molecule has 5 heteroatoms. The van der Waals surface area contributed by atoms with Gasteiger partial charge in [-0.2, -0.15) is 4.98 Å². The lowest BCUT2D eigenvalue weighted by Crippen LogP contribution is -2.15. The van der Waals surface area contributed by atoms with Gasteiger partial charge in [0.05, 0.1) is 12.8 Å². The zero-order chi connectivity index (χ0) is 20.1. The summed E-state index contributed by atoms with van der Waals surface area (Å²) in [7, 11) is 0. The van der Waals surface area contributed by atoms with E-state index in [4.69, 9.17) is 4.52 Å². The highest BCUT2D eigenvalue weighted by molar-refractivity contribution is 5.93. The molecule has 0 aliphatic heterocycles. The van der Waals surface area contributed by atoms with E-state index in [-0.39, 0.29) is 5.91 Å². The Bertz CT molecular complexity index is 1100. The van der Waals surface area contributed by atoms with Crippen molar-refractivity contribution in [2.24, 2.45) is 0 Å². The Balaban J connectivity index is 1.42. The summed E-state index contributed by atoms with van der Waals surface area (Å²) in [6.07, 6.45) is 0.784. The van der Waals surface area contributed by atoms with Gasteiger partial charge in [-0.05, 0) is 35.2 Å². The van der Waals surface area contributed by atoms with Gasteiger partial charge < -0.3 is 9.84 Å². The number of para-hydroxylation sites is 1. The van der Waals surface area contributed by atoms with E-state index in [9.17, 15) is 4.79 Å². The summed E-state index contributed by atoms with van der Waals surface area (Å²) < 4.78 is 5.20.